The maximum Gasteiger partial charge on any atom is 0.310 e. The number of nitrogens with one attached hydrogen (secondary N) is 1. The highest BCUT2D eigenvalue weighted by molar-refractivity contribution is 7.87. The van der Waals surface area contributed by atoms with Gasteiger partial charge in [0, 0.05) is 6.92 Å². The van der Waals surface area contributed by atoms with Crippen LogP contribution in [0.4, 0.5) is 0 Å². The molecule has 0 rings (SSSR count). The van der Waals surface area contributed by atoms with Crippen molar-refractivity contribution >= 4 is 28.4 Å². The number of hydrogen-bond acceptors (Lipinski definition) is 4. The normalized spacial score (nSPS) is 10.0. The lowest BCUT2D eigenvalue weighted by molar-refractivity contribution is 0.477. The van der Waals surface area contributed by atoms with Crippen LogP contribution in [-0.2, 0) is 14.3 Å². The van der Waals surface area contributed by atoms with Crippen molar-refractivity contribution in [2.24, 2.45) is 0 Å². The van der Waals surface area contributed by atoms with Crippen LogP contribution >= 0.6 is 12.4 Å². The lowest BCUT2D eigenvalue weighted by Gasteiger charge is -2.01. The van der Waals surface area contributed by atoms with E-state index in [1.54, 1.807) is 6.92 Å². The smallest absolute Gasteiger partial charge is 0.310 e. The molecular weight excluding hydrogens is 190 g/mol. The van der Waals surface area contributed by atoms with Gasteiger partial charge in [-0.3, -0.25) is 5.41 Å². The largest absolute Gasteiger partial charge is 0.367 e. The number of halogens is 1. The fourth-order valence-electron chi connectivity index (χ4n) is 0.482. The molecule has 1 N–H and O–H groups in total. The van der Waals surface area contributed by atoms with Crippen molar-refractivity contribution in [2.45, 2.75) is 20.3 Å². The molecule has 11 heavy (non-hydrogen) atoms. The average molecular weight is 202 g/mol. The Morgan fingerprint density at radius 1 is 1.55 bits per heavy atom. The molecule has 0 saturated carbocycles. The summed E-state index contributed by atoms with van der Waals surface area (Å²) in [6.07, 6.45) is 0.510. The van der Waals surface area contributed by atoms with Crippen molar-refractivity contribution in [1.82, 2.24) is 0 Å². The molecule has 0 aromatic heterocycles. The molecule has 4 nitrogen and oxygen atoms in total. The van der Waals surface area contributed by atoms with E-state index in [0.717, 1.165) is 0 Å². The van der Waals surface area contributed by atoms with Gasteiger partial charge in [0.1, 0.15) is 0 Å². The zero-order chi connectivity index (χ0) is 8.20. The monoisotopic (exact) mass is 201 g/mol. The summed E-state index contributed by atoms with van der Waals surface area (Å²) in [4.78, 5) is 0. The van der Waals surface area contributed by atoms with Crippen LogP contribution in [0.1, 0.15) is 20.3 Å². The predicted molar refractivity (Wildman–Crippen MR) is 45.8 cm³/mol. The molecule has 0 spiro atoms. The molecule has 0 aliphatic heterocycles. The van der Waals surface area contributed by atoms with E-state index in [9.17, 15) is 8.42 Å². The molecule has 0 saturated heterocycles. The van der Waals surface area contributed by atoms with Crippen LogP contribution in [0.15, 0.2) is 0 Å². The van der Waals surface area contributed by atoms with Crippen molar-refractivity contribution in [3.05, 3.63) is 0 Å². The van der Waals surface area contributed by atoms with E-state index >= 15 is 0 Å². The van der Waals surface area contributed by atoms with Gasteiger partial charge in [-0.1, -0.05) is 6.92 Å². The van der Waals surface area contributed by atoms with E-state index in [1.807, 2.05) is 0 Å². The first-order valence-corrected chi connectivity index (χ1v) is 4.53. The molecule has 0 heterocycles. The molecule has 6 heteroatoms. The van der Waals surface area contributed by atoms with Crippen LogP contribution in [0.5, 0.6) is 0 Å². The Bertz CT molecular complexity index is 212. The summed E-state index contributed by atoms with van der Waals surface area (Å²) in [6.45, 7) is 3.02. The molecule has 68 valence electrons. The van der Waals surface area contributed by atoms with Crippen LogP contribution < -0.4 is 0 Å². The third kappa shape index (κ3) is 7.61. The second-order valence-electron chi connectivity index (χ2n) is 1.90. The average Bonchev–Trinajstić information content (AvgIpc) is 1.59. The fraction of sp³-hybridized carbons (Fsp3) is 0.800. The van der Waals surface area contributed by atoms with Gasteiger partial charge >= 0.3 is 10.1 Å². The molecule has 0 radical (unpaired) electrons. The summed E-state index contributed by atoms with van der Waals surface area (Å²) in [5, 5.41) is 6.73. The second-order valence-corrected chi connectivity index (χ2v) is 3.59. The summed E-state index contributed by atoms with van der Waals surface area (Å²) in [6, 6.07) is 0. The van der Waals surface area contributed by atoms with Gasteiger partial charge in [0.15, 0.2) is 5.90 Å². The fourth-order valence-corrected chi connectivity index (χ4v) is 1.45. The maximum atomic E-state index is 10.7. The highest BCUT2D eigenvalue weighted by atomic mass is 35.5. The predicted octanol–water partition coefficient (Wildman–Crippen LogP) is 1.16. The van der Waals surface area contributed by atoms with E-state index in [-0.39, 0.29) is 24.1 Å². The van der Waals surface area contributed by atoms with Gasteiger partial charge in [0.2, 0.25) is 0 Å². The van der Waals surface area contributed by atoms with E-state index < -0.39 is 10.1 Å². The summed E-state index contributed by atoms with van der Waals surface area (Å²) < 4.78 is 25.6. The minimum Gasteiger partial charge on any atom is -0.367 e. The molecule has 0 aliphatic rings. The zero-order valence-corrected chi connectivity index (χ0v) is 8.09. The Hall–Kier alpha value is -0.290. The Morgan fingerprint density at radius 2 is 2.00 bits per heavy atom. The molecular formula is C5H12ClNO3S. The quantitative estimate of drug-likeness (QED) is 0.423. The topological polar surface area (TPSA) is 67.2 Å². The van der Waals surface area contributed by atoms with Gasteiger partial charge < -0.3 is 4.18 Å². The molecule has 0 aromatic rings. The second kappa shape index (κ2) is 5.37. The first-order chi connectivity index (χ1) is 4.48. The molecule has 0 aromatic carbocycles. The minimum atomic E-state index is -3.46. The molecule has 0 atom stereocenters. The van der Waals surface area contributed by atoms with E-state index in [1.165, 1.54) is 6.92 Å². The molecule has 0 fully saturated rings. The minimum absolute atomic E-state index is 0. The third-order valence-electron chi connectivity index (χ3n) is 0.706. The molecule has 0 aliphatic carbocycles. The Balaban J connectivity index is 0. The standard InChI is InChI=1S/C5H11NO3S.ClH/c1-3-4-10(7,8)9-5(2)6;/h6H,3-4H2,1-2H3;1H. The van der Waals surface area contributed by atoms with Crippen molar-refractivity contribution in [2.75, 3.05) is 5.75 Å². The summed E-state index contributed by atoms with van der Waals surface area (Å²) in [5.74, 6) is -0.308. The lowest BCUT2D eigenvalue weighted by atomic mass is 10.6. The van der Waals surface area contributed by atoms with Crippen molar-refractivity contribution in [3.8, 4) is 0 Å². The Labute approximate surface area is 73.0 Å². The van der Waals surface area contributed by atoms with E-state index in [2.05, 4.69) is 4.18 Å². The molecule has 0 bridgehead atoms. The molecule has 0 unspecified atom stereocenters. The lowest BCUT2D eigenvalue weighted by Crippen LogP contribution is -2.12. The molecule has 0 amide bonds. The summed E-state index contributed by atoms with van der Waals surface area (Å²) in [5.41, 5.74) is 0. The van der Waals surface area contributed by atoms with Gasteiger partial charge in [0.05, 0.1) is 5.75 Å². The van der Waals surface area contributed by atoms with Gasteiger partial charge in [-0.2, -0.15) is 8.42 Å². The van der Waals surface area contributed by atoms with Crippen LogP contribution in [0.3, 0.4) is 0 Å². The van der Waals surface area contributed by atoms with Crippen LogP contribution in [0.25, 0.3) is 0 Å². The zero-order valence-electron chi connectivity index (χ0n) is 6.46. The highest BCUT2D eigenvalue weighted by Gasteiger charge is 2.09. The summed E-state index contributed by atoms with van der Waals surface area (Å²) in [7, 11) is -3.46. The SMILES string of the molecule is CCCS(=O)(=O)OC(C)=N.Cl. The Kier molecular flexibility index (Phi) is 6.50. The first-order valence-electron chi connectivity index (χ1n) is 2.95. The van der Waals surface area contributed by atoms with Gasteiger partial charge in [-0.05, 0) is 6.42 Å². The van der Waals surface area contributed by atoms with Crippen LogP contribution in [0.2, 0.25) is 0 Å². The van der Waals surface area contributed by atoms with E-state index in [4.69, 9.17) is 5.41 Å². The first kappa shape index (κ1) is 13.3. The Morgan fingerprint density at radius 3 is 2.27 bits per heavy atom. The summed E-state index contributed by atoms with van der Waals surface area (Å²) >= 11 is 0. The van der Waals surface area contributed by atoms with Crippen LogP contribution in [0, 0.1) is 5.41 Å². The van der Waals surface area contributed by atoms with Gasteiger partial charge in [0.25, 0.3) is 0 Å². The maximum absolute atomic E-state index is 10.7. The number of hydrogen-bond donors (Lipinski definition) is 1. The van der Waals surface area contributed by atoms with Gasteiger partial charge in [-0.25, -0.2) is 0 Å². The third-order valence-corrected chi connectivity index (χ3v) is 2.12. The van der Waals surface area contributed by atoms with E-state index in [0.29, 0.717) is 6.42 Å². The highest BCUT2D eigenvalue weighted by Crippen LogP contribution is 1.95. The van der Waals surface area contributed by atoms with Crippen molar-refractivity contribution < 1.29 is 12.6 Å². The van der Waals surface area contributed by atoms with Crippen LogP contribution in [-0.4, -0.2) is 20.1 Å². The van der Waals surface area contributed by atoms with Crippen molar-refractivity contribution in [3.63, 3.8) is 0 Å². The van der Waals surface area contributed by atoms with Gasteiger partial charge in [-0.15, -0.1) is 12.4 Å². The van der Waals surface area contributed by atoms with Crippen molar-refractivity contribution in [1.29, 1.82) is 5.41 Å². The number of rotatable bonds is 3.